The van der Waals surface area contributed by atoms with E-state index in [2.05, 4.69) is 91.4 Å². The van der Waals surface area contributed by atoms with Crippen molar-refractivity contribution in [1.29, 1.82) is 0 Å². The summed E-state index contributed by atoms with van der Waals surface area (Å²) >= 11 is 2.13. The number of benzene rings is 2. The van der Waals surface area contributed by atoms with Gasteiger partial charge in [0.1, 0.15) is 0 Å². The zero-order chi connectivity index (χ0) is 14.7. The van der Waals surface area contributed by atoms with Gasteiger partial charge in [0.2, 0.25) is 0 Å². The second kappa shape index (κ2) is 6.67. The van der Waals surface area contributed by atoms with Crippen molar-refractivity contribution < 1.29 is 0 Å². The van der Waals surface area contributed by atoms with Gasteiger partial charge in [0.15, 0.2) is 0 Å². The van der Waals surface area contributed by atoms with Crippen LogP contribution in [0.1, 0.15) is 34.5 Å². The summed E-state index contributed by atoms with van der Waals surface area (Å²) in [7, 11) is 4.43. The molecule has 1 heterocycles. The summed E-state index contributed by atoms with van der Waals surface area (Å²) in [5.41, 5.74) is 2.94. The second-order valence-corrected chi connectivity index (χ2v) is 7.43. The minimum Gasteiger partial charge on any atom is -0.306 e. The van der Waals surface area contributed by atoms with E-state index in [-0.39, 0.29) is 0 Å². The highest BCUT2D eigenvalue weighted by molar-refractivity contribution is 7.99. The van der Waals surface area contributed by atoms with Crippen LogP contribution in [0.15, 0.2) is 60.7 Å². The van der Waals surface area contributed by atoms with Crippen LogP contribution in [-0.2, 0) is 0 Å². The van der Waals surface area contributed by atoms with Crippen LogP contribution in [0.3, 0.4) is 0 Å². The Balaban J connectivity index is 1.85. The van der Waals surface area contributed by atoms with Crippen molar-refractivity contribution in [3.05, 3.63) is 71.8 Å². The van der Waals surface area contributed by atoms with Gasteiger partial charge in [-0.3, -0.25) is 0 Å². The molecule has 0 aromatic heterocycles. The van der Waals surface area contributed by atoms with Crippen molar-refractivity contribution in [2.75, 3.05) is 14.1 Å². The standard InChI is InChI=1S/C19H23NS/c1-20(2)17-13-18(15-9-5-3-6-10-15)21-19(14-17)16-11-7-4-8-12-16/h3-12,17-19H,13-14H2,1-2H3/t17?,18-,19+. The van der Waals surface area contributed by atoms with Gasteiger partial charge in [-0.25, -0.2) is 0 Å². The van der Waals surface area contributed by atoms with Gasteiger partial charge in [0, 0.05) is 16.5 Å². The van der Waals surface area contributed by atoms with Crippen LogP contribution >= 0.6 is 11.8 Å². The molecule has 0 saturated carbocycles. The van der Waals surface area contributed by atoms with Crippen molar-refractivity contribution in [2.45, 2.75) is 29.4 Å². The second-order valence-electron chi connectivity index (χ2n) is 6.02. The number of nitrogens with zero attached hydrogens (tertiary/aromatic N) is 1. The van der Waals surface area contributed by atoms with Crippen LogP contribution in [0.25, 0.3) is 0 Å². The molecule has 2 heteroatoms. The third-order valence-corrected chi connectivity index (χ3v) is 5.96. The predicted molar refractivity (Wildman–Crippen MR) is 92.7 cm³/mol. The minimum atomic E-state index is 0.595. The van der Waals surface area contributed by atoms with Gasteiger partial charge >= 0.3 is 0 Å². The van der Waals surface area contributed by atoms with Crippen molar-refractivity contribution >= 4 is 11.8 Å². The largest absolute Gasteiger partial charge is 0.306 e. The Hall–Kier alpha value is -1.25. The molecule has 1 fully saturated rings. The first-order valence-corrected chi connectivity index (χ1v) is 8.60. The highest BCUT2D eigenvalue weighted by atomic mass is 32.2. The fourth-order valence-electron chi connectivity index (χ4n) is 3.09. The van der Waals surface area contributed by atoms with Crippen LogP contribution in [0, 0.1) is 0 Å². The van der Waals surface area contributed by atoms with Crippen LogP contribution in [0.5, 0.6) is 0 Å². The molecule has 1 aliphatic heterocycles. The molecule has 2 aromatic carbocycles. The molecule has 21 heavy (non-hydrogen) atoms. The first-order chi connectivity index (χ1) is 10.2. The Bertz CT molecular complexity index is 505. The van der Waals surface area contributed by atoms with E-state index < -0.39 is 0 Å². The van der Waals surface area contributed by atoms with Crippen LogP contribution in [0.2, 0.25) is 0 Å². The Morgan fingerprint density at radius 1 is 0.762 bits per heavy atom. The lowest BCUT2D eigenvalue weighted by atomic mass is 9.96. The zero-order valence-electron chi connectivity index (χ0n) is 12.8. The molecule has 1 aliphatic rings. The van der Waals surface area contributed by atoms with Crippen molar-refractivity contribution in [2.24, 2.45) is 0 Å². The Morgan fingerprint density at radius 2 is 1.19 bits per heavy atom. The maximum absolute atomic E-state index is 2.39. The zero-order valence-corrected chi connectivity index (χ0v) is 13.6. The summed E-state index contributed by atoms with van der Waals surface area (Å²) in [5.74, 6) is 0. The van der Waals surface area contributed by atoms with E-state index in [0.29, 0.717) is 16.5 Å². The van der Waals surface area contributed by atoms with Gasteiger partial charge in [-0.1, -0.05) is 60.7 Å². The fourth-order valence-corrected chi connectivity index (χ4v) is 4.78. The lowest BCUT2D eigenvalue weighted by Crippen LogP contribution is -2.33. The van der Waals surface area contributed by atoms with E-state index in [9.17, 15) is 0 Å². The maximum Gasteiger partial charge on any atom is 0.0318 e. The average Bonchev–Trinajstić information content (AvgIpc) is 2.56. The molecule has 0 radical (unpaired) electrons. The highest BCUT2D eigenvalue weighted by Crippen LogP contribution is 2.50. The fraction of sp³-hybridized carbons (Fsp3) is 0.368. The monoisotopic (exact) mass is 297 g/mol. The topological polar surface area (TPSA) is 3.24 Å². The van der Waals surface area contributed by atoms with E-state index in [0.717, 1.165) is 0 Å². The summed E-state index contributed by atoms with van der Waals surface area (Å²) in [6, 6.07) is 22.6. The number of hydrogen-bond donors (Lipinski definition) is 0. The third kappa shape index (κ3) is 3.50. The van der Waals surface area contributed by atoms with E-state index >= 15 is 0 Å². The Kier molecular flexibility index (Phi) is 4.67. The summed E-state index contributed by atoms with van der Waals surface area (Å²) in [6.07, 6.45) is 2.48. The van der Waals surface area contributed by atoms with E-state index in [4.69, 9.17) is 0 Å². The molecule has 0 N–H and O–H groups in total. The van der Waals surface area contributed by atoms with Gasteiger partial charge in [-0.15, -0.1) is 11.8 Å². The van der Waals surface area contributed by atoms with Gasteiger partial charge in [-0.05, 0) is 38.1 Å². The van der Waals surface area contributed by atoms with Gasteiger partial charge in [-0.2, -0.15) is 0 Å². The molecule has 2 aromatic rings. The van der Waals surface area contributed by atoms with Gasteiger partial charge in [0.05, 0.1) is 0 Å². The molecule has 1 unspecified atom stereocenters. The van der Waals surface area contributed by atoms with E-state index in [1.54, 1.807) is 0 Å². The summed E-state index contributed by atoms with van der Waals surface area (Å²) < 4.78 is 0. The maximum atomic E-state index is 2.39. The quantitative estimate of drug-likeness (QED) is 0.790. The minimum absolute atomic E-state index is 0.595. The van der Waals surface area contributed by atoms with Crippen molar-refractivity contribution in [3.8, 4) is 0 Å². The van der Waals surface area contributed by atoms with Crippen molar-refractivity contribution in [1.82, 2.24) is 4.90 Å². The summed E-state index contributed by atoms with van der Waals surface area (Å²) in [6.45, 7) is 0. The molecule has 0 bridgehead atoms. The number of hydrogen-bond acceptors (Lipinski definition) is 2. The Labute approximate surface area is 132 Å². The van der Waals surface area contributed by atoms with Crippen molar-refractivity contribution in [3.63, 3.8) is 0 Å². The lowest BCUT2D eigenvalue weighted by molar-refractivity contribution is 0.254. The summed E-state index contributed by atoms with van der Waals surface area (Å²) in [4.78, 5) is 2.39. The van der Waals surface area contributed by atoms with Gasteiger partial charge in [0.25, 0.3) is 0 Å². The highest BCUT2D eigenvalue weighted by Gasteiger charge is 2.32. The molecule has 1 nitrogen and oxygen atoms in total. The van der Waals surface area contributed by atoms with E-state index in [1.165, 1.54) is 24.0 Å². The average molecular weight is 297 g/mol. The normalized spacial score (nSPS) is 26.0. The molecule has 1 saturated heterocycles. The first kappa shape index (κ1) is 14.7. The third-order valence-electron chi connectivity index (χ3n) is 4.37. The molecular weight excluding hydrogens is 274 g/mol. The van der Waals surface area contributed by atoms with Crippen LogP contribution in [-0.4, -0.2) is 25.0 Å². The molecule has 3 atom stereocenters. The molecule has 3 rings (SSSR count). The molecule has 0 amide bonds. The van der Waals surface area contributed by atoms with Crippen LogP contribution < -0.4 is 0 Å². The molecular formula is C19H23NS. The SMILES string of the molecule is CN(C)C1C[C@@H](c2ccccc2)S[C@@H](c2ccccc2)C1. The number of rotatable bonds is 3. The molecule has 0 spiro atoms. The number of thioether (sulfide) groups is 1. The first-order valence-electron chi connectivity index (χ1n) is 7.66. The molecule has 0 aliphatic carbocycles. The van der Waals surface area contributed by atoms with Crippen LogP contribution in [0.4, 0.5) is 0 Å². The smallest absolute Gasteiger partial charge is 0.0318 e. The summed E-state index contributed by atoms with van der Waals surface area (Å²) in [5, 5.41) is 1.19. The Morgan fingerprint density at radius 3 is 1.57 bits per heavy atom. The lowest BCUT2D eigenvalue weighted by Gasteiger charge is -2.38. The predicted octanol–water partition coefficient (Wildman–Crippen LogP) is 4.93. The van der Waals surface area contributed by atoms with E-state index in [1.807, 2.05) is 0 Å². The van der Waals surface area contributed by atoms with Gasteiger partial charge < -0.3 is 4.90 Å². The molecule has 110 valence electrons.